The van der Waals surface area contributed by atoms with Crippen molar-refractivity contribution < 1.29 is 4.52 Å². The Labute approximate surface area is 123 Å². The fourth-order valence-corrected chi connectivity index (χ4v) is 3.58. The van der Waals surface area contributed by atoms with Gasteiger partial charge in [-0.25, -0.2) is 4.98 Å². The van der Waals surface area contributed by atoms with Crippen molar-refractivity contribution in [2.45, 2.75) is 58.3 Å². The average Bonchev–Trinajstić information content (AvgIpc) is 3.12. The highest BCUT2D eigenvalue weighted by Crippen LogP contribution is 2.27. The van der Waals surface area contributed by atoms with Crippen molar-refractivity contribution in [3.63, 3.8) is 0 Å². The van der Waals surface area contributed by atoms with Crippen molar-refractivity contribution in [2.24, 2.45) is 5.92 Å². The number of hydrogen-bond acceptors (Lipinski definition) is 5. The van der Waals surface area contributed by atoms with Gasteiger partial charge in [-0.05, 0) is 5.92 Å². The Morgan fingerprint density at radius 3 is 2.80 bits per heavy atom. The molecule has 1 aliphatic rings. The number of hydrogen-bond donors (Lipinski definition) is 0. The minimum Gasteiger partial charge on any atom is -0.339 e. The smallest absolute Gasteiger partial charge is 0.232 e. The molecule has 0 saturated heterocycles. The minimum atomic E-state index is 0.481. The monoisotopic (exact) mass is 291 g/mol. The SMILES string of the molecule is CC(C)c1nc(Cc2nc(CC3CCCC3)no2)cs1. The molecule has 5 heteroatoms. The molecule has 1 aliphatic carbocycles. The second-order valence-corrected chi connectivity index (χ2v) is 6.86. The largest absolute Gasteiger partial charge is 0.339 e. The average molecular weight is 291 g/mol. The van der Waals surface area contributed by atoms with Gasteiger partial charge in [0.2, 0.25) is 5.89 Å². The summed E-state index contributed by atoms with van der Waals surface area (Å²) in [7, 11) is 0. The fourth-order valence-electron chi connectivity index (χ4n) is 2.74. The lowest BCUT2D eigenvalue weighted by Gasteiger charge is -2.02. The summed E-state index contributed by atoms with van der Waals surface area (Å²) >= 11 is 1.71. The molecule has 2 heterocycles. The van der Waals surface area contributed by atoms with Gasteiger partial charge in [0, 0.05) is 17.7 Å². The van der Waals surface area contributed by atoms with E-state index in [4.69, 9.17) is 4.52 Å². The zero-order valence-corrected chi connectivity index (χ0v) is 12.9. The molecule has 1 saturated carbocycles. The van der Waals surface area contributed by atoms with Gasteiger partial charge in [0.05, 0.1) is 17.1 Å². The molecule has 2 aromatic rings. The predicted molar refractivity (Wildman–Crippen MR) is 79.0 cm³/mol. The normalized spacial score (nSPS) is 16.4. The van der Waals surface area contributed by atoms with E-state index < -0.39 is 0 Å². The Morgan fingerprint density at radius 1 is 1.30 bits per heavy atom. The Hall–Kier alpha value is -1.23. The lowest BCUT2D eigenvalue weighted by Crippen LogP contribution is -2.00. The zero-order valence-electron chi connectivity index (χ0n) is 12.1. The molecule has 4 nitrogen and oxygen atoms in total. The molecule has 1 fully saturated rings. The molecule has 0 amide bonds. The summed E-state index contributed by atoms with van der Waals surface area (Å²) in [5.41, 5.74) is 1.04. The highest BCUT2D eigenvalue weighted by atomic mass is 32.1. The first-order valence-electron chi connectivity index (χ1n) is 7.46. The third-order valence-corrected chi connectivity index (χ3v) is 5.05. The number of nitrogens with zero attached hydrogens (tertiary/aromatic N) is 3. The molecule has 0 aliphatic heterocycles. The van der Waals surface area contributed by atoms with Gasteiger partial charge < -0.3 is 4.52 Å². The van der Waals surface area contributed by atoms with Crippen molar-refractivity contribution in [3.8, 4) is 0 Å². The maximum atomic E-state index is 5.35. The van der Waals surface area contributed by atoms with Crippen molar-refractivity contribution >= 4 is 11.3 Å². The van der Waals surface area contributed by atoms with Crippen LogP contribution in [0.1, 0.15) is 67.9 Å². The summed E-state index contributed by atoms with van der Waals surface area (Å²) in [5, 5.41) is 7.37. The second-order valence-electron chi connectivity index (χ2n) is 5.97. The first-order chi connectivity index (χ1) is 9.70. The Bertz CT molecular complexity index is 555. The van der Waals surface area contributed by atoms with Crippen molar-refractivity contribution in [1.29, 1.82) is 0 Å². The van der Waals surface area contributed by atoms with E-state index in [0.29, 0.717) is 18.2 Å². The van der Waals surface area contributed by atoms with E-state index in [1.54, 1.807) is 11.3 Å². The molecule has 0 N–H and O–H groups in total. The standard InChI is InChI=1S/C15H21N3OS/c1-10(2)15-16-12(9-20-15)8-14-17-13(18-19-14)7-11-5-3-4-6-11/h9-11H,3-8H2,1-2H3. The highest BCUT2D eigenvalue weighted by Gasteiger charge is 2.18. The highest BCUT2D eigenvalue weighted by molar-refractivity contribution is 7.09. The molecule has 0 atom stereocenters. The van der Waals surface area contributed by atoms with E-state index in [1.807, 2.05) is 0 Å². The molecular weight excluding hydrogens is 270 g/mol. The van der Waals surface area contributed by atoms with Gasteiger partial charge in [-0.1, -0.05) is 44.7 Å². The van der Waals surface area contributed by atoms with E-state index in [2.05, 4.69) is 34.4 Å². The van der Waals surface area contributed by atoms with Crippen LogP contribution in [0.4, 0.5) is 0 Å². The summed E-state index contributed by atoms with van der Waals surface area (Å²) in [5.74, 6) is 2.80. The third-order valence-electron chi connectivity index (χ3n) is 3.85. The number of thiazole rings is 1. The van der Waals surface area contributed by atoms with E-state index in [1.165, 1.54) is 30.7 Å². The third kappa shape index (κ3) is 3.26. The van der Waals surface area contributed by atoms with Gasteiger partial charge in [0.15, 0.2) is 5.82 Å². The predicted octanol–water partition coefficient (Wildman–Crippen LogP) is 3.97. The van der Waals surface area contributed by atoms with Gasteiger partial charge in [-0.15, -0.1) is 11.3 Å². The molecule has 0 unspecified atom stereocenters. The molecule has 3 rings (SSSR count). The van der Waals surface area contributed by atoms with Gasteiger partial charge in [-0.3, -0.25) is 0 Å². The van der Waals surface area contributed by atoms with Crippen LogP contribution in [0.2, 0.25) is 0 Å². The van der Waals surface area contributed by atoms with Gasteiger partial charge in [-0.2, -0.15) is 4.98 Å². The first kappa shape index (κ1) is 13.7. The van der Waals surface area contributed by atoms with Crippen LogP contribution >= 0.6 is 11.3 Å². The Morgan fingerprint density at radius 2 is 2.10 bits per heavy atom. The second kappa shape index (κ2) is 6.04. The summed E-state index contributed by atoms with van der Waals surface area (Å²) in [4.78, 5) is 9.12. The molecule has 0 radical (unpaired) electrons. The minimum absolute atomic E-state index is 0.481. The molecular formula is C15H21N3OS. The van der Waals surface area contributed by atoms with Crippen LogP contribution in [0.3, 0.4) is 0 Å². The van der Waals surface area contributed by atoms with E-state index in [-0.39, 0.29) is 0 Å². The molecule has 0 spiro atoms. The Balaban J connectivity index is 1.61. The zero-order chi connectivity index (χ0) is 13.9. The van der Waals surface area contributed by atoms with E-state index in [0.717, 1.165) is 23.9 Å². The van der Waals surface area contributed by atoms with Crippen molar-refractivity contribution in [1.82, 2.24) is 15.1 Å². The topological polar surface area (TPSA) is 51.8 Å². The lowest BCUT2D eigenvalue weighted by atomic mass is 10.0. The quantitative estimate of drug-likeness (QED) is 0.836. The van der Waals surface area contributed by atoms with E-state index in [9.17, 15) is 0 Å². The van der Waals surface area contributed by atoms with Crippen LogP contribution in [-0.2, 0) is 12.8 Å². The van der Waals surface area contributed by atoms with Crippen molar-refractivity contribution in [2.75, 3.05) is 0 Å². The van der Waals surface area contributed by atoms with Crippen molar-refractivity contribution in [3.05, 3.63) is 27.8 Å². The lowest BCUT2D eigenvalue weighted by molar-refractivity contribution is 0.374. The van der Waals surface area contributed by atoms with Crippen LogP contribution < -0.4 is 0 Å². The maximum absolute atomic E-state index is 5.35. The van der Waals surface area contributed by atoms with Crippen LogP contribution in [-0.4, -0.2) is 15.1 Å². The van der Waals surface area contributed by atoms with Crippen LogP contribution in [0.15, 0.2) is 9.90 Å². The number of aromatic nitrogens is 3. The first-order valence-corrected chi connectivity index (χ1v) is 8.34. The fraction of sp³-hybridized carbons (Fsp3) is 0.667. The van der Waals surface area contributed by atoms with Gasteiger partial charge >= 0.3 is 0 Å². The molecule has 0 bridgehead atoms. The van der Waals surface area contributed by atoms with Crippen LogP contribution in [0.25, 0.3) is 0 Å². The summed E-state index contributed by atoms with van der Waals surface area (Å²) in [6.45, 7) is 4.32. The van der Waals surface area contributed by atoms with Crippen LogP contribution in [0, 0.1) is 5.92 Å². The summed E-state index contributed by atoms with van der Waals surface area (Å²) in [6.07, 6.45) is 6.96. The van der Waals surface area contributed by atoms with Crippen LogP contribution in [0.5, 0.6) is 0 Å². The molecule has 108 valence electrons. The number of rotatable bonds is 5. The van der Waals surface area contributed by atoms with Gasteiger partial charge in [0.1, 0.15) is 0 Å². The van der Waals surface area contributed by atoms with E-state index >= 15 is 0 Å². The summed E-state index contributed by atoms with van der Waals surface area (Å²) in [6, 6.07) is 0. The Kier molecular flexibility index (Phi) is 4.15. The molecule has 20 heavy (non-hydrogen) atoms. The molecule has 0 aromatic carbocycles. The summed E-state index contributed by atoms with van der Waals surface area (Å²) < 4.78 is 5.35. The van der Waals surface area contributed by atoms with Gasteiger partial charge in [0.25, 0.3) is 0 Å². The molecule has 2 aromatic heterocycles. The maximum Gasteiger partial charge on any atom is 0.232 e.